The van der Waals surface area contributed by atoms with Crippen LogP contribution < -0.4 is 52.2 Å². The van der Waals surface area contributed by atoms with Crippen LogP contribution in [0.25, 0.3) is 33.2 Å². The average Bonchev–Trinajstić information content (AvgIpc) is 3.60. The summed E-state index contributed by atoms with van der Waals surface area (Å²) in [6, 6.07) is 20.3. The second kappa shape index (κ2) is 16.1. The highest BCUT2D eigenvalue weighted by Crippen LogP contribution is 2.44. The van der Waals surface area contributed by atoms with Gasteiger partial charge in [0.1, 0.15) is 11.5 Å². The fraction of sp³-hybridized carbons (Fsp3) is 0.279. The Morgan fingerprint density at radius 2 is 1.63 bits per heavy atom. The molecule has 0 saturated heterocycles. The van der Waals surface area contributed by atoms with Crippen molar-refractivity contribution in [2.45, 2.75) is 51.5 Å². The zero-order valence-electron chi connectivity index (χ0n) is 29.3. The van der Waals surface area contributed by atoms with E-state index < -0.39 is 0 Å². The number of halogens is 1. The molecule has 2 aliphatic rings. The number of rotatable bonds is 14. The molecule has 51 heavy (non-hydrogen) atoms. The van der Waals surface area contributed by atoms with Crippen molar-refractivity contribution in [3.05, 3.63) is 114 Å². The van der Waals surface area contributed by atoms with E-state index in [0.717, 1.165) is 101 Å². The number of aryl methyl sites for hydroxylation is 3. The van der Waals surface area contributed by atoms with Gasteiger partial charge in [-0.25, -0.2) is 0 Å². The van der Waals surface area contributed by atoms with Crippen LogP contribution in [0.15, 0.2) is 92.2 Å². The molecule has 0 spiro atoms. The molecule has 0 unspecified atom stereocenters. The number of phenols is 1. The standard InChI is InChI=1S/C43H43NO6.HI/c1-5-10-28-13-16-37(45)34(22-28)29-14-17-38(31(23-29)11-6-2)48-21-9-7-8-12-33-32-15-18-39(46-3)43(47-4)36(32)26-44-20-19-30-24-40-41(50-27-49-40)25-35(30)42(33)44;/h5-6,13-18,22-26H,1-2,7-12,19-21,27H2,3-4H3;1H. The predicted molar refractivity (Wildman–Crippen MR) is 197 cm³/mol. The van der Waals surface area contributed by atoms with Crippen LogP contribution >= 0.6 is 0 Å². The maximum absolute atomic E-state index is 10.6. The number of ether oxygens (including phenoxy) is 5. The summed E-state index contributed by atoms with van der Waals surface area (Å²) < 4.78 is 31.8. The lowest BCUT2D eigenvalue weighted by Gasteiger charge is -2.21. The summed E-state index contributed by atoms with van der Waals surface area (Å²) in [6.07, 6.45) is 12.1. The Morgan fingerprint density at radius 3 is 2.41 bits per heavy atom. The predicted octanol–water partition coefficient (Wildman–Crippen LogP) is 5.72. The Bertz CT molecular complexity index is 2090. The van der Waals surface area contributed by atoms with E-state index in [2.05, 4.69) is 48.2 Å². The highest BCUT2D eigenvalue weighted by Gasteiger charge is 2.32. The lowest BCUT2D eigenvalue weighted by molar-refractivity contribution is -0.686. The molecule has 1 aromatic heterocycles. The van der Waals surface area contributed by atoms with Crippen LogP contribution in [0, 0.1) is 0 Å². The number of allylic oxidation sites excluding steroid dienone is 2. The molecule has 0 atom stereocenters. The van der Waals surface area contributed by atoms with Crippen LogP contribution in [0.4, 0.5) is 0 Å². The smallest absolute Gasteiger partial charge is 0.231 e. The summed E-state index contributed by atoms with van der Waals surface area (Å²) in [7, 11) is 3.39. The zero-order valence-corrected chi connectivity index (χ0v) is 31.5. The second-order valence-electron chi connectivity index (χ2n) is 12.8. The Labute approximate surface area is 317 Å². The monoisotopic (exact) mass is 797 g/mol. The van der Waals surface area contributed by atoms with Gasteiger partial charge >= 0.3 is 0 Å². The molecule has 4 aromatic carbocycles. The van der Waals surface area contributed by atoms with E-state index in [9.17, 15) is 5.11 Å². The van der Waals surface area contributed by atoms with Gasteiger partial charge in [-0.15, -0.1) is 13.2 Å². The maximum atomic E-state index is 10.6. The molecular weight excluding hydrogens is 753 g/mol. The van der Waals surface area contributed by atoms with Gasteiger partial charge in [-0.1, -0.05) is 24.3 Å². The molecule has 0 amide bonds. The number of nitrogens with zero attached hydrogens (tertiary/aromatic N) is 1. The normalized spacial score (nSPS) is 12.4. The van der Waals surface area contributed by atoms with Crippen molar-refractivity contribution in [1.29, 1.82) is 0 Å². The number of fused-ring (bicyclic) bond motifs is 5. The summed E-state index contributed by atoms with van der Waals surface area (Å²) in [4.78, 5) is 0. The molecule has 264 valence electrons. The largest absolute Gasteiger partial charge is 1.00 e. The molecule has 0 saturated carbocycles. The van der Waals surface area contributed by atoms with Crippen molar-refractivity contribution in [2.75, 3.05) is 27.6 Å². The Kier molecular flexibility index (Phi) is 11.4. The Hall–Kier alpha value is -4.70. The minimum atomic E-state index is 0. The van der Waals surface area contributed by atoms with Crippen LogP contribution in [-0.4, -0.2) is 32.7 Å². The van der Waals surface area contributed by atoms with Crippen molar-refractivity contribution in [2.24, 2.45) is 0 Å². The minimum Gasteiger partial charge on any atom is -1.00 e. The number of aromatic nitrogens is 1. The second-order valence-corrected chi connectivity index (χ2v) is 12.8. The van der Waals surface area contributed by atoms with E-state index in [4.69, 9.17) is 23.7 Å². The van der Waals surface area contributed by atoms with Gasteiger partial charge in [-0.05, 0) is 109 Å². The van der Waals surface area contributed by atoms with E-state index in [1.54, 1.807) is 20.3 Å². The van der Waals surface area contributed by atoms with Crippen molar-refractivity contribution in [3.8, 4) is 56.9 Å². The van der Waals surface area contributed by atoms with Gasteiger partial charge in [-0.3, -0.25) is 0 Å². The lowest BCUT2D eigenvalue weighted by Crippen LogP contribution is -3.00. The number of benzene rings is 4. The van der Waals surface area contributed by atoms with Crippen LogP contribution in [-0.2, 0) is 32.2 Å². The molecular formula is C43H44INO6. The first-order valence-electron chi connectivity index (χ1n) is 17.4. The van der Waals surface area contributed by atoms with E-state index in [-0.39, 0.29) is 36.5 Å². The molecule has 5 aromatic rings. The third-order valence-electron chi connectivity index (χ3n) is 9.75. The van der Waals surface area contributed by atoms with Crippen molar-refractivity contribution in [1.82, 2.24) is 0 Å². The molecule has 8 heteroatoms. The lowest BCUT2D eigenvalue weighted by atomic mass is 9.89. The zero-order chi connectivity index (χ0) is 34.6. The van der Waals surface area contributed by atoms with Crippen LogP contribution in [0.3, 0.4) is 0 Å². The molecule has 2 aliphatic heterocycles. The van der Waals surface area contributed by atoms with Gasteiger partial charge in [0.05, 0.1) is 31.8 Å². The van der Waals surface area contributed by atoms with Gasteiger partial charge in [0.15, 0.2) is 35.7 Å². The third kappa shape index (κ3) is 7.24. The van der Waals surface area contributed by atoms with Crippen LogP contribution in [0.1, 0.15) is 41.5 Å². The number of methoxy groups -OCH3 is 2. The fourth-order valence-electron chi connectivity index (χ4n) is 7.34. The number of hydrogen-bond acceptors (Lipinski definition) is 6. The highest BCUT2D eigenvalue weighted by molar-refractivity contribution is 5.95. The topological polar surface area (TPSA) is 70.3 Å². The number of hydrogen-bond donors (Lipinski definition) is 1. The van der Waals surface area contributed by atoms with E-state index in [0.29, 0.717) is 13.0 Å². The molecule has 0 aliphatic carbocycles. The summed E-state index contributed by atoms with van der Waals surface area (Å²) in [6.45, 7) is 9.55. The summed E-state index contributed by atoms with van der Waals surface area (Å²) in [5, 5.41) is 12.8. The molecule has 0 bridgehead atoms. The summed E-state index contributed by atoms with van der Waals surface area (Å²) in [5.41, 5.74) is 8.93. The molecule has 7 nitrogen and oxygen atoms in total. The van der Waals surface area contributed by atoms with Crippen LogP contribution in [0.2, 0.25) is 0 Å². The number of pyridine rings is 1. The molecule has 0 fully saturated rings. The fourth-order valence-corrected chi connectivity index (χ4v) is 7.34. The maximum Gasteiger partial charge on any atom is 0.231 e. The van der Waals surface area contributed by atoms with Gasteiger partial charge in [0.25, 0.3) is 0 Å². The van der Waals surface area contributed by atoms with Gasteiger partial charge in [0, 0.05) is 22.9 Å². The molecule has 7 rings (SSSR count). The van der Waals surface area contributed by atoms with Crippen LogP contribution in [0.5, 0.6) is 34.5 Å². The van der Waals surface area contributed by atoms with Crippen molar-refractivity contribution in [3.63, 3.8) is 0 Å². The number of phenolic OH excluding ortho intramolecular Hbond substituents is 1. The number of unbranched alkanes of at least 4 members (excludes halogenated alkanes) is 2. The molecule has 3 heterocycles. The summed E-state index contributed by atoms with van der Waals surface area (Å²) in [5.74, 6) is 4.22. The van der Waals surface area contributed by atoms with E-state index in [1.807, 2.05) is 42.5 Å². The quantitative estimate of drug-likeness (QED) is 0.0672. The third-order valence-corrected chi connectivity index (χ3v) is 9.75. The summed E-state index contributed by atoms with van der Waals surface area (Å²) >= 11 is 0. The van der Waals surface area contributed by atoms with E-state index >= 15 is 0 Å². The first kappa shape index (κ1) is 36.1. The van der Waals surface area contributed by atoms with Crippen molar-refractivity contribution < 1.29 is 57.3 Å². The van der Waals surface area contributed by atoms with Gasteiger partial charge in [0.2, 0.25) is 12.5 Å². The van der Waals surface area contributed by atoms with Crippen molar-refractivity contribution >= 4 is 10.8 Å². The van der Waals surface area contributed by atoms with E-state index in [1.165, 1.54) is 27.8 Å². The molecule has 1 N–H and O–H groups in total. The first-order chi connectivity index (χ1) is 24.5. The first-order valence-corrected chi connectivity index (χ1v) is 17.4. The van der Waals surface area contributed by atoms with Gasteiger partial charge in [-0.2, -0.15) is 4.57 Å². The number of aromatic hydroxyl groups is 1. The Morgan fingerprint density at radius 1 is 0.824 bits per heavy atom. The Balaban J connectivity index is 0.00000448. The molecule has 0 radical (unpaired) electrons. The highest BCUT2D eigenvalue weighted by atomic mass is 127. The van der Waals surface area contributed by atoms with Gasteiger partial charge < -0.3 is 52.8 Å². The SMILES string of the molecule is C=CCc1ccc(O)c(-c2ccc(OCCCCCc3c4[n+](cc5c(OC)c(OC)ccc35)CCc3cc5c(cc3-4)OCO5)c(CC=C)c2)c1.[I-]. The minimum absolute atomic E-state index is 0. The average molecular weight is 798 g/mol.